The molecule has 0 aliphatic carbocycles. The van der Waals surface area contributed by atoms with Gasteiger partial charge in [0.05, 0.1) is 33.0 Å². The zero-order valence-corrected chi connectivity index (χ0v) is 18.3. The predicted molar refractivity (Wildman–Crippen MR) is 121 cm³/mol. The quantitative estimate of drug-likeness (QED) is 0.686. The summed E-state index contributed by atoms with van der Waals surface area (Å²) in [6.07, 6.45) is 0.814. The molecular weight excluding hydrogens is 392 g/mol. The Bertz CT molecular complexity index is 924. The Morgan fingerprint density at radius 3 is 2.32 bits per heavy atom. The highest BCUT2D eigenvalue weighted by atomic mass is 16.5. The summed E-state index contributed by atoms with van der Waals surface area (Å²) in [4.78, 5) is 17.4. The number of hydrazone groups is 1. The number of carbonyl (C=O) groups is 1. The zero-order chi connectivity index (χ0) is 21.6. The molecule has 1 amide bonds. The van der Waals surface area contributed by atoms with Crippen molar-refractivity contribution in [2.45, 2.75) is 13.0 Å². The van der Waals surface area contributed by atoms with Crippen LogP contribution in [0.25, 0.3) is 0 Å². The number of benzene rings is 2. The maximum Gasteiger partial charge on any atom is 0.256 e. The molecule has 1 fully saturated rings. The standard InChI is InChI=1S/C24H30N4O3/c1-30-22-9-8-19(16-23(22)31-2)17-26-12-14-27(15-13-26)18-24(29)28-11-10-21(25-28)20-6-4-3-5-7-20/h3-9,16H,10-15,17-18H2,1-2H3. The van der Waals surface area contributed by atoms with Gasteiger partial charge in [-0.25, -0.2) is 5.01 Å². The molecule has 0 N–H and O–H groups in total. The van der Waals surface area contributed by atoms with E-state index in [0.29, 0.717) is 13.1 Å². The van der Waals surface area contributed by atoms with Gasteiger partial charge in [-0.15, -0.1) is 0 Å². The van der Waals surface area contributed by atoms with E-state index < -0.39 is 0 Å². The number of rotatable bonds is 7. The number of ether oxygens (including phenoxy) is 2. The summed E-state index contributed by atoms with van der Waals surface area (Å²) >= 11 is 0. The SMILES string of the molecule is COc1ccc(CN2CCN(CC(=O)N3CCC(c4ccccc4)=N3)CC2)cc1OC. The van der Waals surface area contributed by atoms with Crippen LogP contribution in [0.2, 0.25) is 0 Å². The lowest BCUT2D eigenvalue weighted by Crippen LogP contribution is -2.49. The van der Waals surface area contributed by atoms with Gasteiger partial charge in [-0.1, -0.05) is 36.4 Å². The summed E-state index contributed by atoms with van der Waals surface area (Å²) < 4.78 is 10.7. The van der Waals surface area contributed by atoms with Gasteiger partial charge >= 0.3 is 0 Å². The summed E-state index contributed by atoms with van der Waals surface area (Å²) in [7, 11) is 3.30. The van der Waals surface area contributed by atoms with Crippen LogP contribution in [0.1, 0.15) is 17.5 Å². The molecule has 0 bridgehead atoms. The maximum atomic E-state index is 12.7. The summed E-state index contributed by atoms with van der Waals surface area (Å²) in [5.74, 6) is 1.58. The van der Waals surface area contributed by atoms with Gasteiger partial charge in [0.25, 0.3) is 5.91 Å². The molecule has 4 rings (SSSR count). The minimum Gasteiger partial charge on any atom is -0.493 e. The Hall–Kier alpha value is -2.90. The van der Waals surface area contributed by atoms with Gasteiger partial charge in [0, 0.05) is 39.1 Å². The van der Waals surface area contributed by atoms with Crippen molar-refractivity contribution in [1.82, 2.24) is 14.8 Å². The fourth-order valence-corrected chi connectivity index (χ4v) is 4.09. The van der Waals surface area contributed by atoms with Gasteiger partial charge < -0.3 is 9.47 Å². The molecule has 31 heavy (non-hydrogen) atoms. The molecule has 164 valence electrons. The third kappa shape index (κ3) is 5.24. The van der Waals surface area contributed by atoms with Crippen LogP contribution >= 0.6 is 0 Å². The average molecular weight is 423 g/mol. The molecule has 0 atom stereocenters. The first kappa shape index (κ1) is 21.3. The third-order valence-electron chi connectivity index (χ3n) is 5.87. The summed E-state index contributed by atoms with van der Waals surface area (Å²) in [5.41, 5.74) is 3.29. The fraction of sp³-hybridized carbons (Fsp3) is 0.417. The molecule has 7 heteroatoms. The fourth-order valence-electron chi connectivity index (χ4n) is 4.09. The first-order valence-electron chi connectivity index (χ1n) is 10.7. The lowest BCUT2D eigenvalue weighted by molar-refractivity contribution is -0.132. The average Bonchev–Trinajstić information content (AvgIpc) is 3.31. The molecule has 2 heterocycles. The lowest BCUT2D eigenvalue weighted by Gasteiger charge is -2.34. The van der Waals surface area contributed by atoms with Crippen molar-refractivity contribution in [3.8, 4) is 11.5 Å². The zero-order valence-electron chi connectivity index (χ0n) is 18.3. The van der Waals surface area contributed by atoms with E-state index in [1.807, 2.05) is 42.5 Å². The minimum atomic E-state index is 0.0827. The van der Waals surface area contributed by atoms with Crippen LogP contribution < -0.4 is 9.47 Å². The number of methoxy groups -OCH3 is 2. The molecule has 1 saturated heterocycles. The van der Waals surface area contributed by atoms with Crippen molar-refractivity contribution in [1.29, 1.82) is 0 Å². The lowest BCUT2D eigenvalue weighted by atomic mass is 10.1. The largest absolute Gasteiger partial charge is 0.493 e. The molecule has 2 aromatic rings. The van der Waals surface area contributed by atoms with Crippen LogP contribution in [-0.2, 0) is 11.3 Å². The highest BCUT2D eigenvalue weighted by Crippen LogP contribution is 2.28. The van der Waals surface area contributed by atoms with Crippen LogP contribution in [0.15, 0.2) is 53.6 Å². The van der Waals surface area contributed by atoms with E-state index in [1.165, 1.54) is 5.56 Å². The summed E-state index contributed by atoms with van der Waals surface area (Å²) in [5, 5.41) is 6.20. The van der Waals surface area contributed by atoms with Gasteiger partial charge in [-0.05, 0) is 23.3 Å². The smallest absolute Gasteiger partial charge is 0.256 e. The van der Waals surface area contributed by atoms with Gasteiger partial charge in [-0.2, -0.15) is 5.10 Å². The van der Waals surface area contributed by atoms with Crippen LogP contribution in [0.3, 0.4) is 0 Å². The van der Waals surface area contributed by atoms with Gasteiger partial charge in [-0.3, -0.25) is 14.6 Å². The molecular formula is C24H30N4O3. The monoisotopic (exact) mass is 422 g/mol. The van der Waals surface area contributed by atoms with Crippen molar-refractivity contribution in [2.75, 3.05) is 53.5 Å². The second-order valence-corrected chi connectivity index (χ2v) is 7.92. The maximum absolute atomic E-state index is 12.7. The van der Waals surface area contributed by atoms with E-state index in [0.717, 1.165) is 61.9 Å². The highest BCUT2D eigenvalue weighted by molar-refractivity contribution is 6.02. The Balaban J connectivity index is 1.26. The topological polar surface area (TPSA) is 57.6 Å². The van der Waals surface area contributed by atoms with Crippen LogP contribution in [-0.4, -0.2) is 79.9 Å². The van der Waals surface area contributed by atoms with Crippen LogP contribution in [0.4, 0.5) is 0 Å². The second kappa shape index (κ2) is 9.94. The van der Waals surface area contributed by atoms with Crippen LogP contribution in [0, 0.1) is 0 Å². The number of hydrogen-bond donors (Lipinski definition) is 0. The number of hydrogen-bond acceptors (Lipinski definition) is 6. The summed E-state index contributed by atoms with van der Waals surface area (Å²) in [6, 6.07) is 16.1. The molecule has 0 saturated carbocycles. The van der Waals surface area contributed by atoms with Gasteiger partial charge in [0.1, 0.15) is 0 Å². The number of carbonyl (C=O) groups excluding carboxylic acids is 1. The predicted octanol–water partition coefficient (Wildman–Crippen LogP) is 2.46. The second-order valence-electron chi connectivity index (χ2n) is 7.92. The number of amides is 1. The van der Waals surface area contributed by atoms with E-state index in [9.17, 15) is 4.79 Å². The minimum absolute atomic E-state index is 0.0827. The Labute approximate surface area is 183 Å². The third-order valence-corrected chi connectivity index (χ3v) is 5.87. The van der Waals surface area contributed by atoms with Gasteiger partial charge in [0.2, 0.25) is 0 Å². The van der Waals surface area contributed by atoms with E-state index in [1.54, 1.807) is 19.2 Å². The molecule has 0 unspecified atom stereocenters. The Morgan fingerprint density at radius 1 is 0.903 bits per heavy atom. The van der Waals surface area contributed by atoms with Crippen molar-refractivity contribution < 1.29 is 14.3 Å². The van der Waals surface area contributed by atoms with Gasteiger partial charge in [0.15, 0.2) is 11.5 Å². The normalized spacial score (nSPS) is 17.5. The molecule has 2 aromatic carbocycles. The molecule has 2 aliphatic heterocycles. The molecule has 0 spiro atoms. The van der Waals surface area contributed by atoms with E-state index in [4.69, 9.17) is 9.47 Å². The number of piperazine rings is 1. The van der Waals surface area contributed by atoms with Crippen molar-refractivity contribution in [3.05, 3.63) is 59.7 Å². The molecule has 7 nitrogen and oxygen atoms in total. The highest BCUT2D eigenvalue weighted by Gasteiger charge is 2.25. The van der Waals surface area contributed by atoms with E-state index in [-0.39, 0.29) is 5.91 Å². The van der Waals surface area contributed by atoms with E-state index in [2.05, 4.69) is 21.0 Å². The number of nitrogens with zero attached hydrogens (tertiary/aromatic N) is 4. The summed E-state index contributed by atoms with van der Waals surface area (Å²) in [6.45, 7) is 5.57. The van der Waals surface area contributed by atoms with Crippen LogP contribution in [0.5, 0.6) is 11.5 Å². The first-order valence-corrected chi connectivity index (χ1v) is 10.7. The Morgan fingerprint density at radius 2 is 1.61 bits per heavy atom. The molecule has 0 radical (unpaired) electrons. The molecule has 0 aromatic heterocycles. The van der Waals surface area contributed by atoms with Crippen molar-refractivity contribution in [3.63, 3.8) is 0 Å². The van der Waals surface area contributed by atoms with E-state index >= 15 is 0 Å². The van der Waals surface area contributed by atoms with Crippen molar-refractivity contribution in [2.24, 2.45) is 5.10 Å². The van der Waals surface area contributed by atoms with Crippen molar-refractivity contribution >= 4 is 11.6 Å². The first-order chi connectivity index (χ1) is 15.2. The Kier molecular flexibility index (Phi) is 6.84. The molecule has 2 aliphatic rings.